The number of nitrogens with one attached hydrogen (secondary N) is 4. The maximum absolute atomic E-state index is 12.3. The molecule has 0 aliphatic heterocycles. The lowest BCUT2D eigenvalue weighted by Gasteiger charge is -2.30. The fourth-order valence-electron chi connectivity index (χ4n) is 4.25. The van der Waals surface area contributed by atoms with E-state index in [0.29, 0.717) is 5.82 Å². The van der Waals surface area contributed by atoms with Gasteiger partial charge in [-0.1, -0.05) is 0 Å². The van der Waals surface area contributed by atoms with E-state index < -0.39 is 10.0 Å². The summed E-state index contributed by atoms with van der Waals surface area (Å²) < 4.78 is 27.2. The zero-order chi connectivity index (χ0) is 20.7. The van der Waals surface area contributed by atoms with E-state index in [-0.39, 0.29) is 22.9 Å². The van der Waals surface area contributed by atoms with Crippen LogP contribution in [0.15, 0.2) is 41.5 Å². The maximum atomic E-state index is 12.3. The average molecular weight is 428 g/mol. The highest BCUT2D eigenvalue weighted by Crippen LogP contribution is 2.31. The molecule has 2 fully saturated rings. The largest absolute Gasteiger partial charge is 0.369 e. The maximum Gasteiger partial charge on any atom is 0.250 e. The molecule has 3 aromatic heterocycles. The minimum absolute atomic E-state index is 0.0118. The van der Waals surface area contributed by atoms with Gasteiger partial charge in [-0.05, 0) is 62.3 Å². The van der Waals surface area contributed by atoms with Crippen molar-refractivity contribution in [1.29, 1.82) is 0 Å². The van der Waals surface area contributed by atoms with Crippen LogP contribution in [0.2, 0.25) is 0 Å². The lowest BCUT2D eigenvalue weighted by molar-refractivity contribution is 0.386. The van der Waals surface area contributed by atoms with Gasteiger partial charge < -0.3 is 15.3 Å². The van der Waals surface area contributed by atoms with Gasteiger partial charge >= 0.3 is 0 Å². The highest BCUT2D eigenvalue weighted by molar-refractivity contribution is 7.90. The van der Waals surface area contributed by atoms with E-state index in [4.69, 9.17) is 0 Å². The first-order chi connectivity index (χ1) is 14.5. The van der Waals surface area contributed by atoms with Crippen LogP contribution in [0.25, 0.3) is 22.2 Å². The Hall–Kier alpha value is -2.65. The fraction of sp³-hybridized carbons (Fsp3) is 0.429. The summed E-state index contributed by atoms with van der Waals surface area (Å²) in [5.74, 6) is 0.678. The van der Waals surface area contributed by atoms with E-state index in [2.05, 4.69) is 25.0 Å². The second kappa shape index (κ2) is 7.55. The van der Waals surface area contributed by atoms with Gasteiger partial charge in [-0.2, -0.15) is 0 Å². The molecule has 4 N–H and O–H groups in total. The van der Waals surface area contributed by atoms with Crippen molar-refractivity contribution >= 4 is 26.9 Å². The molecule has 0 saturated heterocycles. The predicted octanol–water partition coefficient (Wildman–Crippen LogP) is 2.72. The molecule has 0 radical (unpaired) electrons. The highest BCUT2D eigenvalue weighted by atomic mass is 32.2. The van der Waals surface area contributed by atoms with Crippen LogP contribution in [0.3, 0.4) is 0 Å². The van der Waals surface area contributed by atoms with E-state index in [0.717, 1.165) is 60.7 Å². The van der Waals surface area contributed by atoms with Crippen molar-refractivity contribution in [2.45, 2.75) is 55.9 Å². The second-order valence-electron chi connectivity index (χ2n) is 8.30. The molecule has 9 heteroatoms. The molecule has 158 valence electrons. The van der Waals surface area contributed by atoms with Gasteiger partial charge in [-0.15, -0.1) is 0 Å². The summed E-state index contributed by atoms with van der Waals surface area (Å²) >= 11 is 0. The van der Waals surface area contributed by atoms with E-state index in [1.807, 2.05) is 24.4 Å². The third-order valence-electron chi connectivity index (χ3n) is 5.99. The zero-order valence-corrected chi connectivity index (χ0v) is 17.3. The lowest BCUT2D eigenvalue weighted by Crippen LogP contribution is -2.41. The second-order valence-corrected chi connectivity index (χ2v) is 10.3. The van der Waals surface area contributed by atoms with Gasteiger partial charge in [0, 0.05) is 41.5 Å². The van der Waals surface area contributed by atoms with Gasteiger partial charge in [0.1, 0.15) is 11.5 Å². The third-order valence-corrected chi connectivity index (χ3v) is 8.00. The summed E-state index contributed by atoms with van der Waals surface area (Å²) in [4.78, 5) is 22.6. The van der Waals surface area contributed by atoms with Crippen LogP contribution in [0.4, 0.5) is 5.82 Å². The Balaban J connectivity index is 1.28. The van der Waals surface area contributed by atoms with Gasteiger partial charge in [0.15, 0.2) is 0 Å². The summed E-state index contributed by atoms with van der Waals surface area (Å²) in [7, 11) is -3.14. The van der Waals surface area contributed by atoms with Crippen molar-refractivity contribution in [3.63, 3.8) is 0 Å². The quantitative estimate of drug-likeness (QED) is 0.482. The summed E-state index contributed by atoms with van der Waals surface area (Å²) in [5, 5.41) is 4.22. The number of nitrogens with zero attached hydrogens (tertiary/aromatic N) is 1. The normalized spacial score (nSPS) is 22.3. The number of hydrogen-bond donors (Lipinski definition) is 4. The molecule has 3 heterocycles. The fourth-order valence-corrected chi connectivity index (χ4v) is 5.90. The zero-order valence-electron chi connectivity index (χ0n) is 16.5. The molecule has 5 rings (SSSR count). The van der Waals surface area contributed by atoms with Crippen molar-refractivity contribution in [3.8, 4) is 11.1 Å². The molecule has 8 nitrogen and oxygen atoms in total. The minimum Gasteiger partial charge on any atom is -0.369 e. The van der Waals surface area contributed by atoms with Crippen LogP contribution in [0.1, 0.15) is 38.5 Å². The number of anilines is 1. The Morgan fingerprint density at radius 3 is 2.57 bits per heavy atom. The first-order valence-corrected chi connectivity index (χ1v) is 12.0. The monoisotopic (exact) mass is 427 g/mol. The Labute approximate surface area is 174 Å². The number of pyridine rings is 2. The van der Waals surface area contributed by atoms with Crippen LogP contribution in [0, 0.1) is 0 Å². The first-order valence-electron chi connectivity index (χ1n) is 10.4. The third kappa shape index (κ3) is 3.99. The molecule has 0 amide bonds. The molecular weight excluding hydrogens is 402 g/mol. The summed E-state index contributed by atoms with van der Waals surface area (Å²) in [6.45, 7) is 0. The highest BCUT2D eigenvalue weighted by Gasteiger charge is 2.37. The van der Waals surface area contributed by atoms with Crippen LogP contribution in [-0.2, 0) is 10.0 Å². The van der Waals surface area contributed by atoms with E-state index in [9.17, 15) is 13.2 Å². The summed E-state index contributed by atoms with van der Waals surface area (Å²) in [6.07, 6.45) is 8.44. The first kappa shape index (κ1) is 19.3. The molecule has 0 atom stereocenters. The summed E-state index contributed by atoms with van der Waals surface area (Å²) in [5.41, 5.74) is 2.38. The molecule has 2 aliphatic rings. The topological polar surface area (TPSA) is 120 Å². The molecule has 30 heavy (non-hydrogen) atoms. The Morgan fingerprint density at radius 2 is 1.80 bits per heavy atom. The number of aromatic amines is 2. The van der Waals surface area contributed by atoms with Gasteiger partial charge in [0.25, 0.3) is 0 Å². The lowest BCUT2D eigenvalue weighted by atomic mass is 9.92. The average Bonchev–Trinajstić information content (AvgIpc) is 3.49. The van der Waals surface area contributed by atoms with Crippen molar-refractivity contribution in [1.82, 2.24) is 19.7 Å². The van der Waals surface area contributed by atoms with Crippen molar-refractivity contribution in [3.05, 3.63) is 47.0 Å². The van der Waals surface area contributed by atoms with Gasteiger partial charge in [0.2, 0.25) is 15.6 Å². The number of rotatable bonds is 6. The molecule has 2 aliphatic carbocycles. The molecule has 0 aromatic carbocycles. The summed E-state index contributed by atoms with van der Waals surface area (Å²) in [6, 6.07) is 7.59. The van der Waals surface area contributed by atoms with Crippen LogP contribution in [-0.4, -0.2) is 40.7 Å². The van der Waals surface area contributed by atoms with E-state index >= 15 is 0 Å². The van der Waals surface area contributed by atoms with E-state index in [1.54, 1.807) is 12.3 Å². The van der Waals surface area contributed by atoms with Gasteiger partial charge in [0.05, 0.1) is 5.25 Å². The van der Waals surface area contributed by atoms with Gasteiger partial charge in [-0.3, -0.25) is 4.79 Å². The molecule has 0 unspecified atom stereocenters. The Morgan fingerprint density at radius 1 is 1.03 bits per heavy atom. The number of H-pyrrole nitrogens is 2. The van der Waals surface area contributed by atoms with Crippen LogP contribution < -0.4 is 15.6 Å². The molecular formula is C21H25N5O3S. The van der Waals surface area contributed by atoms with E-state index in [1.165, 1.54) is 0 Å². The van der Waals surface area contributed by atoms with Crippen molar-refractivity contribution in [2.24, 2.45) is 0 Å². The Kier molecular flexibility index (Phi) is 4.86. The Bertz CT molecular complexity index is 1220. The standard InChI is InChI=1S/C21H25N5O3S/c27-20-11-13(18-12-23-21-17(18)2-1-9-22-21)10-19(25-20)24-14-3-5-15(6-4-14)26-30(28,29)16-7-8-16/h1-2,9-12,14-16,26H,3-8H2,(H,22,23)(H2,24,25,27). The number of sulfonamides is 1. The minimum atomic E-state index is -3.14. The van der Waals surface area contributed by atoms with Gasteiger partial charge in [-0.25, -0.2) is 18.1 Å². The molecule has 0 spiro atoms. The smallest absolute Gasteiger partial charge is 0.250 e. The van der Waals surface area contributed by atoms with Crippen LogP contribution >= 0.6 is 0 Å². The van der Waals surface area contributed by atoms with Crippen molar-refractivity contribution in [2.75, 3.05) is 5.32 Å². The number of aromatic nitrogens is 3. The number of hydrogen-bond acceptors (Lipinski definition) is 5. The molecule has 3 aromatic rings. The SMILES string of the molecule is O=c1cc(-c2c[nH]c3ncccc23)cc(NC2CCC(NS(=O)(=O)C3CC3)CC2)[nH]1. The number of fused-ring (bicyclic) bond motifs is 1. The molecule has 2 saturated carbocycles. The van der Waals surface area contributed by atoms with Crippen LogP contribution in [0.5, 0.6) is 0 Å². The molecule has 0 bridgehead atoms. The van der Waals surface area contributed by atoms with Crippen molar-refractivity contribution < 1.29 is 8.42 Å². The predicted molar refractivity (Wildman–Crippen MR) is 117 cm³/mol.